The maximum atomic E-state index is 13.0. The molecular formula is C30H22ClN11O8. The van der Waals surface area contributed by atoms with E-state index in [9.17, 15) is 29.4 Å². The van der Waals surface area contributed by atoms with Gasteiger partial charge < -0.3 is 30.3 Å². The summed E-state index contributed by atoms with van der Waals surface area (Å²) in [5, 5.41) is 47.5. The summed E-state index contributed by atoms with van der Waals surface area (Å²) in [5.74, 6) is -3.62. The molecule has 2 amide bonds. The van der Waals surface area contributed by atoms with E-state index in [1.54, 1.807) is 23.0 Å². The van der Waals surface area contributed by atoms with Gasteiger partial charge in [-0.2, -0.15) is 0 Å². The van der Waals surface area contributed by atoms with Crippen LogP contribution in [0.2, 0.25) is 5.02 Å². The van der Waals surface area contributed by atoms with E-state index in [2.05, 4.69) is 46.4 Å². The number of hydrogen-bond donors (Lipinski definition) is 4. The van der Waals surface area contributed by atoms with Crippen LogP contribution in [0.5, 0.6) is 11.5 Å². The first kappa shape index (κ1) is 32.9. The molecule has 0 saturated heterocycles. The second kappa shape index (κ2) is 14.0. The van der Waals surface area contributed by atoms with E-state index in [4.69, 9.17) is 21.1 Å². The molecule has 6 rings (SSSR count). The number of nitrogens with one attached hydrogen (secondary N) is 2. The van der Waals surface area contributed by atoms with Gasteiger partial charge in [0.15, 0.2) is 34.4 Å². The maximum Gasteiger partial charge on any atom is 0.337 e. The van der Waals surface area contributed by atoms with Crippen molar-refractivity contribution in [3.63, 3.8) is 0 Å². The average Bonchev–Trinajstić information content (AvgIpc) is 3.82. The van der Waals surface area contributed by atoms with Crippen LogP contribution in [0.1, 0.15) is 47.3 Å². The van der Waals surface area contributed by atoms with Crippen LogP contribution in [0.3, 0.4) is 0 Å². The number of ether oxygens (including phenoxy) is 2. The summed E-state index contributed by atoms with van der Waals surface area (Å²) in [5.41, 5.74) is -0.228. The van der Waals surface area contributed by atoms with Crippen molar-refractivity contribution in [2.24, 2.45) is 0 Å². The highest BCUT2D eigenvalue weighted by Crippen LogP contribution is 2.35. The van der Waals surface area contributed by atoms with Crippen molar-refractivity contribution in [3.8, 4) is 17.3 Å². The van der Waals surface area contributed by atoms with Crippen LogP contribution < -0.4 is 20.1 Å². The number of hydrogen-bond acceptors (Lipinski definition) is 13. The molecule has 6 aromatic rings. The normalized spacial score (nSPS) is 10.8. The van der Waals surface area contributed by atoms with Gasteiger partial charge in [-0.3, -0.25) is 14.2 Å². The quantitative estimate of drug-likeness (QED) is 0.143. The SMILES string of the molecule is COc1cc(C(=O)O)c(NC(=O)c2ccc(-n3ccnc3)nn2)cc1OCCc1cc(C(=O)O)c(NC(=O)c2ccc3nnnn3n2)cc1Cl. The molecule has 0 unspecified atom stereocenters. The van der Waals surface area contributed by atoms with Crippen molar-refractivity contribution in [2.75, 3.05) is 24.4 Å². The fourth-order valence-electron chi connectivity index (χ4n) is 4.60. The van der Waals surface area contributed by atoms with Gasteiger partial charge in [0.1, 0.15) is 6.33 Å². The molecule has 0 aliphatic rings. The van der Waals surface area contributed by atoms with Gasteiger partial charge in [0, 0.05) is 36.0 Å². The number of benzene rings is 2. The molecule has 4 aromatic heterocycles. The minimum atomic E-state index is -1.35. The molecule has 50 heavy (non-hydrogen) atoms. The molecule has 0 bridgehead atoms. The lowest BCUT2D eigenvalue weighted by molar-refractivity contribution is 0.0686. The lowest BCUT2D eigenvalue weighted by Crippen LogP contribution is -2.18. The van der Waals surface area contributed by atoms with Crippen molar-refractivity contribution in [1.29, 1.82) is 0 Å². The Kier molecular flexibility index (Phi) is 9.21. The standard InChI is InChI=1S/C30H22ClN11O8/c1-49-23-11-17(30(47)48)22(34-27(43)19-2-4-25(36-35-19)41-8-7-32-14-41)13-24(23)50-9-6-15-10-16(29(45)46)21(12-18(15)31)33-28(44)20-3-5-26-37-39-40-42(26)38-20/h2-5,7-8,10-14H,6,9H2,1H3,(H,33,44)(H,34,43)(H,45,46)(H,47,48). The number of anilines is 2. The molecule has 0 aliphatic carbocycles. The summed E-state index contributed by atoms with van der Waals surface area (Å²) in [6, 6.07) is 10.8. The second-order valence-corrected chi connectivity index (χ2v) is 10.6. The smallest absolute Gasteiger partial charge is 0.337 e. The number of imidazole rings is 1. The van der Waals surface area contributed by atoms with Gasteiger partial charge in [-0.05, 0) is 52.4 Å². The topological polar surface area (TPSA) is 251 Å². The molecule has 0 aliphatic heterocycles. The Hall–Kier alpha value is -7.02. The van der Waals surface area contributed by atoms with Crippen molar-refractivity contribution in [2.45, 2.75) is 6.42 Å². The number of halogens is 1. The van der Waals surface area contributed by atoms with Gasteiger partial charge >= 0.3 is 11.9 Å². The Bertz CT molecular complexity index is 2260. The highest BCUT2D eigenvalue weighted by molar-refractivity contribution is 6.32. The Morgan fingerprint density at radius 3 is 2.26 bits per heavy atom. The highest BCUT2D eigenvalue weighted by atomic mass is 35.5. The molecule has 2 aromatic carbocycles. The molecule has 4 N–H and O–H groups in total. The van der Waals surface area contributed by atoms with Crippen LogP contribution >= 0.6 is 11.6 Å². The number of fused-ring (bicyclic) bond motifs is 1. The van der Waals surface area contributed by atoms with E-state index < -0.39 is 23.8 Å². The molecule has 252 valence electrons. The number of methoxy groups -OCH3 is 1. The highest BCUT2D eigenvalue weighted by Gasteiger charge is 2.21. The minimum Gasteiger partial charge on any atom is -0.493 e. The number of carbonyl (C=O) groups is 4. The predicted molar refractivity (Wildman–Crippen MR) is 171 cm³/mol. The van der Waals surface area contributed by atoms with Crippen LogP contribution in [-0.4, -0.2) is 92.7 Å². The molecular weight excluding hydrogens is 678 g/mol. The Labute approximate surface area is 284 Å². The van der Waals surface area contributed by atoms with Gasteiger partial charge in [0.25, 0.3) is 11.8 Å². The molecule has 20 heteroatoms. The Balaban J connectivity index is 1.17. The zero-order chi connectivity index (χ0) is 35.4. The van der Waals surface area contributed by atoms with Crippen molar-refractivity contribution >= 4 is 52.4 Å². The zero-order valence-corrected chi connectivity index (χ0v) is 26.3. The number of carboxylic acids is 2. The summed E-state index contributed by atoms with van der Waals surface area (Å²) in [4.78, 5) is 53.9. The van der Waals surface area contributed by atoms with E-state index in [0.29, 0.717) is 17.0 Å². The number of aromatic nitrogens is 9. The second-order valence-electron chi connectivity index (χ2n) is 10.1. The fraction of sp³-hybridized carbons (Fsp3) is 0.100. The van der Waals surface area contributed by atoms with Crippen LogP contribution in [0.25, 0.3) is 11.5 Å². The summed E-state index contributed by atoms with van der Waals surface area (Å²) in [6.45, 7) is -0.0856. The third-order valence-electron chi connectivity index (χ3n) is 7.03. The van der Waals surface area contributed by atoms with Gasteiger partial charge in [-0.15, -0.1) is 25.0 Å². The van der Waals surface area contributed by atoms with Gasteiger partial charge in [0.05, 0.1) is 36.2 Å². The molecule has 19 nitrogen and oxygen atoms in total. The number of nitrogens with zero attached hydrogens (tertiary/aromatic N) is 9. The monoisotopic (exact) mass is 699 g/mol. The molecule has 4 heterocycles. The van der Waals surface area contributed by atoms with Gasteiger partial charge in [-0.1, -0.05) is 11.6 Å². The van der Waals surface area contributed by atoms with E-state index in [1.807, 2.05) is 0 Å². The first-order valence-corrected chi connectivity index (χ1v) is 14.6. The van der Waals surface area contributed by atoms with Crippen LogP contribution in [0.4, 0.5) is 11.4 Å². The van der Waals surface area contributed by atoms with Crippen LogP contribution in [0, 0.1) is 0 Å². The molecule has 0 spiro atoms. The van der Waals surface area contributed by atoms with Gasteiger partial charge in [-0.25, -0.2) is 14.6 Å². The van der Waals surface area contributed by atoms with Crippen molar-refractivity contribution < 1.29 is 38.9 Å². The average molecular weight is 700 g/mol. The van der Waals surface area contributed by atoms with E-state index in [0.717, 1.165) is 4.63 Å². The first-order chi connectivity index (χ1) is 24.1. The lowest BCUT2D eigenvalue weighted by atomic mass is 10.1. The van der Waals surface area contributed by atoms with Crippen molar-refractivity contribution in [3.05, 3.63) is 100 Å². The van der Waals surface area contributed by atoms with Crippen LogP contribution in [-0.2, 0) is 6.42 Å². The van der Waals surface area contributed by atoms with Gasteiger partial charge in [0.2, 0.25) is 0 Å². The summed E-state index contributed by atoms with van der Waals surface area (Å²) in [6.07, 6.45) is 4.79. The Morgan fingerprint density at radius 1 is 0.860 bits per heavy atom. The molecule has 0 atom stereocenters. The van der Waals surface area contributed by atoms with E-state index in [1.165, 1.54) is 55.9 Å². The summed E-state index contributed by atoms with van der Waals surface area (Å²) < 4.78 is 13.8. The molecule has 0 fully saturated rings. The number of carbonyl (C=O) groups excluding carboxylic acids is 2. The first-order valence-electron chi connectivity index (χ1n) is 14.2. The lowest BCUT2D eigenvalue weighted by Gasteiger charge is -2.16. The number of amides is 2. The number of tetrazole rings is 1. The summed E-state index contributed by atoms with van der Waals surface area (Å²) >= 11 is 6.48. The third-order valence-corrected chi connectivity index (χ3v) is 7.38. The minimum absolute atomic E-state index is 0.0497. The van der Waals surface area contributed by atoms with Crippen LogP contribution in [0.15, 0.2) is 67.3 Å². The Morgan fingerprint density at radius 2 is 1.58 bits per heavy atom. The number of aromatic carboxylic acids is 2. The fourth-order valence-corrected chi connectivity index (χ4v) is 4.85. The zero-order valence-electron chi connectivity index (χ0n) is 25.5. The van der Waals surface area contributed by atoms with Crippen molar-refractivity contribution in [1.82, 2.24) is 45.0 Å². The number of carboxylic acid groups (broad SMARTS) is 2. The third kappa shape index (κ3) is 6.96. The predicted octanol–water partition coefficient (Wildman–Crippen LogP) is 2.68. The largest absolute Gasteiger partial charge is 0.493 e. The van der Waals surface area contributed by atoms with E-state index in [-0.39, 0.29) is 63.4 Å². The molecule has 0 radical (unpaired) electrons. The van der Waals surface area contributed by atoms with E-state index >= 15 is 0 Å². The number of rotatable bonds is 12. The summed E-state index contributed by atoms with van der Waals surface area (Å²) in [7, 11) is 1.31. The molecule has 0 saturated carbocycles. The maximum absolute atomic E-state index is 13.0.